The van der Waals surface area contributed by atoms with E-state index < -0.39 is 0 Å². The van der Waals surface area contributed by atoms with Crippen LogP contribution in [0.4, 0.5) is 34.1 Å². The number of allylic oxidation sites excluding steroid dienone is 4. The average Bonchev–Trinajstić information content (AvgIpc) is 1.53. The van der Waals surface area contributed by atoms with E-state index in [0.717, 1.165) is 113 Å². The van der Waals surface area contributed by atoms with Crippen LogP contribution in [0.2, 0.25) is 0 Å². The molecule has 1 aliphatic rings. The fourth-order valence-corrected chi connectivity index (χ4v) is 15.1. The highest BCUT2D eigenvalue weighted by molar-refractivity contribution is 6.33. The van der Waals surface area contributed by atoms with Gasteiger partial charge in [0.2, 0.25) is 0 Å². The molecule has 0 saturated carbocycles. The van der Waals surface area contributed by atoms with Crippen LogP contribution in [-0.4, -0.2) is 8.80 Å². The van der Waals surface area contributed by atoms with Crippen molar-refractivity contribution in [2.45, 2.75) is 26.7 Å². The summed E-state index contributed by atoms with van der Waals surface area (Å²) in [7, 11) is 0. The predicted octanol–water partition coefficient (Wildman–Crippen LogP) is 22.7. The molecule has 6 heterocycles. The van der Waals surface area contributed by atoms with E-state index in [0.29, 0.717) is 0 Å². The molecule has 0 unspecified atom stereocenters. The second-order valence-corrected chi connectivity index (χ2v) is 23.4. The molecule has 86 heavy (non-hydrogen) atoms. The summed E-state index contributed by atoms with van der Waals surface area (Å²) in [6.45, 7) is 4.45. The first kappa shape index (κ1) is 47.4. The summed E-state index contributed by atoms with van der Waals surface area (Å²) in [6, 6.07) is 87.0. The first-order valence-corrected chi connectivity index (χ1v) is 29.9. The molecule has 0 amide bonds. The van der Waals surface area contributed by atoms with E-state index >= 15 is 0 Å². The van der Waals surface area contributed by atoms with Gasteiger partial charge < -0.3 is 27.4 Å². The van der Waals surface area contributed by atoms with Crippen molar-refractivity contribution in [3.05, 3.63) is 272 Å². The number of hydrogen-bond acceptors (Lipinski definition) is 4. The quantitative estimate of drug-likeness (QED) is 0.152. The number of anilines is 6. The molecule has 19 rings (SSSR count). The number of nitrogens with zero attached hydrogens (tertiary/aromatic N) is 4. The number of hydrogen-bond donors (Lipinski definition) is 0. The molecule has 0 radical (unpaired) electrons. The molecule has 0 atom stereocenters. The number of aromatic nitrogens is 2. The minimum Gasteiger partial charge on any atom is -0.454 e. The van der Waals surface area contributed by atoms with Gasteiger partial charge in [-0.05, 0) is 110 Å². The smallest absolute Gasteiger partial charge is 0.159 e. The molecule has 0 N–H and O–H groups in total. The van der Waals surface area contributed by atoms with Crippen molar-refractivity contribution in [2.24, 2.45) is 0 Å². The van der Waals surface area contributed by atoms with Gasteiger partial charge in [-0.25, -0.2) is 0 Å². The lowest BCUT2D eigenvalue weighted by atomic mass is 9.95. The lowest BCUT2D eigenvalue weighted by molar-refractivity contribution is 0.668. The molecule has 6 nitrogen and oxygen atoms in total. The van der Waals surface area contributed by atoms with Gasteiger partial charge in [0.05, 0.1) is 67.2 Å². The Hall–Kier alpha value is -11.1. The Labute approximate surface area is 493 Å². The molecular formula is C80H52N4O2. The van der Waals surface area contributed by atoms with Crippen molar-refractivity contribution in [2.75, 3.05) is 9.80 Å². The van der Waals surface area contributed by atoms with Gasteiger partial charge in [0.25, 0.3) is 0 Å². The Morgan fingerprint density at radius 3 is 1.34 bits per heavy atom. The van der Waals surface area contributed by atoms with Crippen LogP contribution in [0.15, 0.2) is 264 Å². The van der Waals surface area contributed by atoms with Gasteiger partial charge in [-0.2, -0.15) is 0 Å². The molecule has 6 aromatic heterocycles. The summed E-state index contributed by atoms with van der Waals surface area (Å²) in [5.41, 5.74) is 24.0. The second kappa shape index (κ2) is 17.7. The zero-order valence-electron chi connectivity index (χ0n) is 47.3. The highest BCUT2D eigenvalue weighted by Crippen LogP contribution is 2.55. The summed E-state index contributed by atoms with van der Waals surface area (Å²) in [4.78, 5) is 5.02. The Morgan fingerprint density at radius 2 is 0.802 bits per heavy atom. The third kappa shape index (κ3) is 6.39. The normalized spacial score (nSPS) is 13.2. The van der Waals surface area contributed by atoms with Crippen LogP contribution >= 0.6 is 0 Å². The molecule has 0 fully saturated rings. The first-order valence-electron chi connectivity index (χ1n) is 29.9. The predicted molar refractivity (Wildman–Crippen MR) is 361 cm³/mol. The molecule has 0 aliphatic heterocycles. The van der Waals surface area contributed by atoms with Crippen molar-refractivity contribution in [3.8, 4) is 11.1 Å². The lowest BCUT2D eigenvalue weighted by Gasteiger charge is -2.30. The van der Waals surface area contributed by atoms with Gasteiger partial charge in [-0.1, -0.05) is 194 Å². The largest absolute Gasteiger partial charge is 0.454 e. The maximum atomic E-state index is 7.02. The third-order valence-corrected chi connectivity index (χ3v) is 18.8. The average molecular weight is 1100 g/mol. The summed E-state index contributed by atoms with van der Waals surface area (Å²) < 4.78 is 19.1. The summed E-state index contributed by atoms with van der Waals surface area (Å²) in [5.74, 6) is 0. The van der Waals surface area contributed by atoms with Crippen LogP contribution in [0, 0.1) is 13.8 Å². The summed E-state index contributed by atoms with van der Waals surface area (Å²) in [5, 5.41) is 14.0. The fourth-order valence-electron chi connectivity index (χ4n) is 15.1. The maximum Gasteiger partial charge on any atom is 0.159 e. The molecule has 12 aromatic carbocycles. The topological polar surface area (TPSA) is 41.6 Å². The van der Waals surface area contributed by atoms with E-state index in [-0.39, 0.29) is 0 Å². The Bertz CT molecular complexity index is 5950. The maximum absolute atomic E-state index is 7.02. The van der Waals surface area contributed by atoms with E-state index in [2.05, 4.69) is 287 Å². The molecule has 1 aliphatic carbocycles. The molecular weight excluding hydrogens is 1050 g/mol. The Kier molecular flexibility index (Phi) is 9.77. The van der Waals surface area contributed by atoms with E-state index in [4.69, 9.17) is 8.83 Å². The van der Waals surface area contributed by atoms with Crippen molar-refractivity contribution in [1.29, 1.82) is 0 Å². The Morgan fingerprint density at radius 1 is 0.349 bits per heavy atom. The fraction of sp³-hybridized carbons (Fsp3) is 0.0500. The number of furan rings is 2. The highest BCUT2D eigenvalue weighted by atomic mass is 16.3. The summed E-state index contributed by atoms with van der Waals surface area (Å²) >= 11 is 0. The van der Waals surface area contributed by atoms with Crippen LogP contribution in [0.1, 0.15) is 29.5 Å². The van der Waals surface area contributed by atoms with Crippen molar-refractivity contribution in [3.63, 3.8) is 0 Å². The molecule has 0 bridgehead atoms. The van der Waals surface area contributed by atoms with Gasteiger partial charge in [-0.3, -0.25) is 0 Å². The molecule has 0 saturated heterocycles. The minimum absolute atomic E-state index is 0.865. The van der Waals surface area contributed by atoms with Gasteiger partial charge in [0.1, 0.15) is 11.2 Å². The van der Waals surface area contributed by atoms with Crippen LogP contribution in [-0.2, 0) is 0 Å². The zero-order valence-corrected chi connectivity index (χ0v) is 47.3. The van der Waals surface area contributed by atoms with Gasteiger partial charge >= 0.3 is 0 Å². The number of aryl methyl sites for hydroxylation is 2. The van der Waals surface area contributed by atoms with Crippen LogP contribution in [0.5, 0.6) is 0 Å². The molecule has 0 spiro atoms. The van der Waals surface area contributed by atoms with Crippen molar-refractivity contribution in [1.82, 2.24) is 8.80 Å². The zero-order chi connectivity index (χ0) is 56.5. The minimum atomic E-state index is 0.865. The van der Waals surface area contributed by atoms with E-state index in [1.807, 2.05) is 0 Å². The van der Waals surface area contributed by atoms with Crippen molar-refractivity contribution >= 4 is 160 Å². The third-order valence-electron chi connectivity index (χ3n) is 18.8. The number of fused-ring (bicyclic) bond motifs is 18. The van der Waals surface area contributed by atoms with E-state index in [1.54, 1.807) is 0 Å². The summed E-state index contributed by atoms with van der Waals surface area (Å²) in [6.07, 6.45) is 9.05. The lowest BCUT2D eigenvalue weighted by Crippen LogP contribution is -2.14. The highest BCUT2D eigenvalue weighted by Gasteiger charge is 2.32. The van der Waals surface area contributed by atoms with E-state index in [1.165, 1.54) is 87.3 Å². The van der Waals surface area contributed by atoms with Gasteiger partial charge in [-0.15, -0.1) is 0 Å². The molecule has 6 heteroatoms. The first-order chi connectivity index (χ1) is 42.6. The SMILES string of the molecule is Cc1ccc2c(oc3ccccc32)c1N(c1ccccc1C1=CCCC=C1)c1ccc2c3cc4c(cc3n3c5ccccc5c1c23)c1ccc(N(c2ccccc2-c2ccccc2)c2c(C)ccc3c2oc2ccccc23)c2c3ccccc3n4c12. The standard InChI is InChI=1S/C80H52N4O2/c1-47-37-39-57-53-27-13-19-35-71(53)85-79(57)75(47)81(63-31-15-9-25-51(63)49-21-5-3-6-22-49)67-43-41-55-61-45-70-62(46-69(61)83-65-33-17-11-29-59(65)73(67)77(55)83)56-42-44-68(74-60-30-12-18-34-66(60)84(70)78(56)74)82(64-32-16-10-26-52(64)50-23-7-4-8-24-50)76-48(2)38-40-58-54-28-14-20-36-72(54)86-80(58)76/h3,5-7,9-46H,4,8H2,1-2H3. The number of benzene rings is 12. The van der Waals surface area contributed by atoms with Crippen molar-refractivity contribution < 1.29 is 8.83 Å². The second-order valence-electron chi connectivity index (χ2n) is 23.4. The number of para-hydroxylation sites is 6. The van der Waals surface area contributed by atoms with Crippen LogP contribution in [0.25, 0.3) is 137 Å². The monoisotopic (exact) mass is 1100 g/mol. The Balaban J connectivity index is 0.900. The van der Waals surface area contributed by atoms with Gasteiger partial charge in [0, 0.05) is 75.8 Å². The molecule has 18 aromatic rings. The van der Waals surface area contributed by atoms with Crippen LogP contribution < -0.4 is 9.80 Å². The van der Waals surface area contributed by atoms with E-state index in [9.17, 15) is 0 Å². The number of rotatable bonds is 8. The molecule has 404 valence electrons. The van der Waals surface area contributed by atoms with Crippen LogP contribution in [0.3, 0.4) is 0 Å². The van der Waals surface area contributed by atoms with Gasteiger partial charge in [0.15, 0.2) is 11.2 Å².